The average Bonchev–Trinajstić information content (AvgIpc) is 3.12. The molecule has 130 valence electrons. The minimum Gasteiger partial charge on any atom is -0.338 e. The zero-order valence-corrected chi connectivity index (χ0v) is 13.0. The molecule has 3 heterocycles. The first kappa shape index (κ1) is 17.0. The standard InChI is InChI=1S/C16H14F3N5O/c17-16(18,19)13-8-22-14(23-13)11-2-1-5-24(9-11)15(25)12-4-3-10(6-20)7-21-12/h3-4,7-8,11H,1-2,5,9H2,(H,22,23). The van der Waals surface area contributed by atoms with Gasteiger partial charge in [-0.3, -0.25) is 4.79 Å². The van der Waals surface area contributed by atoms with E-state index in [0.717, 1.165) is 6.20 Å². The van der Waals surface area contributed by atoms with Crippen molar-refractivity contribution in [3.05, 3.63) is 47.3 Å². The van der Waals surface area contributed by atoms with Crippen LogP contribution in [0.5, 0.6) is 0 Å². The van der Waals surface area contributed by atoms with Gasteiger partial charge in [0, 0.05) is 25.2 Å². The number of H-pyrrole nitrogens is 1. The van der Waals surface area contributed by atoms with E-state index >= 15 is 0 Å². The predicted molar refractivity (Wildman–Crippen MR) is 80.4 cm³/mol. The van der Waals surface area contributed by atoms with Crippen molar-refractivity contribution in [1.82, 2.24) is 19.9 Å². The van der Waals surface area contributed by atoms with E-state index in [2.05, 4.69) is 15.0 Å². The van der Waals surface area contributed by atoms with Gasteiger partial charge in [-0.25, -0.2) is 9.97 Å². The molecule has 3 rings (SSSR count). The summed E-state index contributed by atoms with van der Waals surface area (Å²) in [7, 11) is 0. The summed E-state index contributed by atoms with van der Waals surface area (Å²) in [6, 6.07) is 4.90. The highest BCUT2D eigenvalue weighted by Crippen LogP contribution is 2.31. The fourth-order valence-corrected chi connectivity index (χ4v) is 2.82. The Labute approximate surface area is 141 Å². The third kappa shape index (κ3) is 3.63. The molecule has 25 heavy (non-hydrogen) atoms. The number of amides is 1. The lowest BCUT2D eigenvalue weighted by molar-refractivity contribution is -0.141. The third-order valence-corrected chi connectivity index (χ3v) is 4.11. The van der Waals surface area contributed by atoms with E-state index in [1.165, 1.54) is 18.3 Å². The fraction of sp³-hybridized carbons (Fsp3) is 0.375. The van der Waals surface area contributed by atoms with Crippen LogP contribution in [0.4, 0.5) is 13.2 Å². The molecule has 0 spiro atoms. The molecule has 2 aromatic rings. The molecule has 0 radical (unpaired) electrons. The second kappa shape index (κ2) is 6.55. The van der Waals surface area contributed by atoms with Crippen LogP contribution in [-0.2, 0) is 6.18 Å². The van der Waals surface area contributed by atoms with Crippen molar-refractivity contribution in [3.8, 4) is 6.07 Å². The van der Waals surface area contributed by atoms with Gasteiger partial charge in [-0.05, 0) is 25.0 Å². The van der Waals surface area contributed by atoms with Crippen molar-refractivity contribution < 1.29 is 18.0 Å². The predicted octanol–water partition coefficient (Wildman–Crippen LogP) is 2.71. The maximum atomic E-state index is 12.7. The van der Waals surface area contributed by atoms with Gasteiger partial charge in [0.15, 0.2) is 0 Å². The van der Waals surface area contributed by atoms with E-state index in [-0.39, 0.29) is 29.9 Å². The van der Waals surface area contributed by atoms with Crippen LogP contribution in [0, 0.1) is 11.3 Å². The smallest absolute Gasteiger partial charge is 0.338 e. The number of nitrogens with zero attached hydrogens (tertiary/aromatic N) is 4. The molecule has 2 aromatic heterocycles. The average molecular weight is 349 g/mol. The quantitative estimate of drug-likeness (QED) is 0.903. The van der Waals surface area contributed by atoms with Crippen LogP contribution in [-0.4, -0.2) is 38.8 Å². The van der Waals surface area contributed by atoms with Gasteiger partial charge < -0.3 is 9.88 Å². The number of carbonyl (C=O) groups excluding carboxylic acids is 1. The summed E-state index contributed by atoms with van der Waals surface area (Å²) < 4.78 is 38.1. The first-order chi connectivity index (χ1) is 11.9. The number of alkyl halides is 3. The zero-order valence-electron chi connectivity index (χ0n) is 13.0. The number of halogens is 3. The van der Waals surface area contributed by atoms with Crippen LogP contribution in [0.25, 0.3) is 0 Å². The fourth-order valence-electron chi connectivity index (χ4n) is 2.82. The lowest BCUT2D eigenvalue weighted by Gasteiger charge is -2.31. The number of nitriles is 1. The molecule has 6 nitrogen and oxygen atoms in total. The number of aromatic nitrogens is 3. The molecule has 1 aliphatic rings. The van der Waals surface area contributed by atoms with Gasteiger partial charge in [-0.15, -0.1) is 0 Å². The van der Waals surface area contributed by atoms with Gasteiger partial charge >= 0.3 is 6.18 Å². The lowest BCUT2D eigenvalue weighted by Crippen LogP contribution is -2.39. The molecule has 1 atom stereocenters. The van der Waals surface area contributed by atoms with Crippen molar-refractivity contribution in [3.63, 3.8) is 0 Å². The molecule has 1 fully saturated rings. The van der Waals surface area contributed by atoms with Crippen LogP contribution in [0.15, 0.2) is 24.5 Å². The van der Waals surface area contributed by atoms with E-state index in [4.69, 9.17) is 5.26 Å². The zero-order chi connectivity index (χ0) is 18.0. The number of hydrogen-bond acceptors (Lipinski definition) is 4. The molecular formula is C16H14F3N5O. The summed E-state index contributed by atoms with van der Waals surface area (Å²) >= 11 is 0. The van der Waals surface area contributed by atoms with E-state index < -0.39 is 11.9 Å². The Kier molecular flexibility index (Phi) is 4.44. The number of likely N-dealkylation sites (tertiary alicyclic amines) is 1. The van der Waals surface area contributed by atoms with Crippen LogP contribution >= 0.6 is 0 Å². The van der Waals surface area contributed by atoms with E-state index in [1.807, 2.05) is 6.07 Å². The number of pyridine rings is 1. The minimum absolute atomic E-state index is 0.204. The van der Waals surface area contributed by atoms with Crippen molar-refractivity contribution in [1.29, 1.82) is 5.26 Å². The molecule has 9 heteroatoms. The van der Waals surface area contributed by atoms with Gasteiger partial charge in [0.2, 0.25) is 0 Å². The van der Waals surface area contributed by atoms with E-state index in [0.29, 0.717) is 24.9 Å². The Morgan fingerprint density at radius 2 is 2.12 bits per heavy atom. The number of hydrogen-bond donors (Lipinski definition) is 1. The summed E-state index contributed by atoms with van der Waals surface area (Å²) in [6.07, 6.45) is -1.07. The molecule has 0 bridgehead atoms. The molecule has 0 aliphatic carbocycles. The van der Waals surface area contributed by atoms with E-state index in [9.17, 15) is 18.0 Å². The molecule has 1 unspecified atom stereocenters. The highest BCUT2D eigenvalue weighted by molar-refractivity contribution is 5.92. The maximum Gasteiger partial charge on any atom is 0.432 e. The largest absolute Gasteiger partial charge is 0.432 e. The first-order valence-corrected chi connectivity index (χ1v) is 7.66. The normalized spacial score (nSPS) is 18.0. The Morgan fingerprint density at radius 3 is 2.72 bits per heavy atom. The number of piperidine rings is 1. The number of nitrogens with one attached hydrogen (secondary N) is 1. The van der Waals surface area contributed by atoms with Gasteiger partial charge in [-0.1, -0.05) is 0 Å². The molecular weight excluding hydrogens is 335 g/mol. The SMILES string of the molecule is N#Cc1ccc(C(=O)N2CCCC(c3ncc(C(F)(F)F)[nH]3)C2)nc1. The lowest BCUT2D eigenvalue weighted by atomic mass is 9.97. The summed E-state index contributed by atoms with van der Waals surface area (Å²) in [5, 5.41) is 8.76. The van der Waals surface area contributed by atoms with Gasteiger partial charge in [0.05, 0.1) is 11.8 Å². The Bertz CT molecular complexity index is 806. The molecule has 1 amide bonds. The molecule has 1 saturated heterocycles. The highest BCUT2D eigenvalue weighted by atomic mass is 19.4. The minimum atomic E-state index is -4.47. The molecule has 0 aromatic carbocycles. The summed E-state index contributed by atoms with van der Waals surface area (Å²) in [6.45, 7) is 0.773. The Balaban J connectivity index is 1.73. The van der Waals surface area contributed by atoms with Crippen LogP contribution in [0.2, 0.25) is 0 Å². The first-order valence-electron chi connectivity index (χ1n) is 7.66. The molecule has 1 N–H and O–H groups in total. The van der Waals surface area contributed by atoms with Gasteiger partial charge in [-0.2, -0.15) is 18.4 Å². The van der Waals surface area contributed by atoms with Crippen LogP contribution in [0.1, 0.15) is 46.3 Å². The number of carbonyl (C=O) groups is 1. The van der Waals surface area contributed by atoms with Crippen molar-refractivity contribution >= 4 is 5.91 Å². The highest BCUT2D eigenvalue weighted by Gasteiger charge is 2.35. The third-order valence-electron chi connectivity index (χ3n) is 4.11. The summed E-state index contributed by atoms with van der Waals surface area (Å²) in [5.41, 5.74) is -0.335. The second-order valence-corrected chi connectivity index (χ2v) is 5.81. The van der Waals surface area contributed by atoms with E-state index in [1.54, 1.807) is 4.90 Å². The number of rotatable bonds is 2. The van der Waals surface area contributed by atoms with Gasteiger partial charge in [0.1, 0.15) is 23.3 Å². The topological polar surface area (TPSA) is 85.7 Å². The summed E-state index contributed by atoms with van der Waals surface area (Å²) in [5.74, 6) is -0.360. The Morgan fingerprint density at radius 1 is 1.32 bits per heavy atom. The van der Waals surface area contributed by atoms with Crippen LogP contribution < -0.4 is 0 Å². The van der Waals surface area contributed by atoms with Crippen LogP contribution in [0.3, 0.4) is 0 Å². The molecule has 0 saturated carbocycles. The van der Waals surface area contributed by atoms with Crippen molar-refractivity contribution in [2.24, 2.45) is 0 Å². The van der Waals surface area contributed by atoms with Crippen molar-refractivity contribution in [2.75, 3.05) is 13.1 Å². The second-order valence-electron chi connectivity index (χ2n) is 5.81. The monoisotopic (exact) mass is 349 g/mol. The van der Waals surface area contributed by atoms with Crippen molar-refractivity contribution in [2.45, 2.75) is 24.9 Å². The number of imidazole rings is 1. The maximum absolute atomic E-state index is 12.7. The number of aromatic amines is 1. The summed E-state index contributed by atoms with van der Waals surface area (Å²) in [4.78, 5) is 24.2. The Hall–Kier alpha value is -2.89. The molecule has 1 aliphatic heterocycles. The van der Waals surface area contributed by atoms with Gasteiger partial charge in [0.25, 0.3) is 5.91 Å².